The van der Waals surface area contributed by atoms with Gasteiger partial charge in [-0.2, -0.15) is 0 Å². The van der Waals surface area contributed by atoms with E-state index in [-0.39, 0.29) is 24.1 Å². The lowest BCUT2D eigenvalue weighted by Crippen LogP contribution is -2.32. The van der Waals surface area contributed by atoms with E-state index in [1.807, 2.05) is 32.9 Å². The third-order valence-electron chi connectivity index (χ3n) is 6.34. The molecular formula is C34H40N4O6. The number of hydrogen-bond acceptors (Lipinski definition) is 7. The average Bonchev–Trinajstić information content (AvgIpc) is 2.99. The topological polar surface area (TPSA) is 129 Å². The maximum atomic E-state index is 13.0. The number of carbonyl (C=O) groups excluding carboxylic acids is 3. The monoisotopic (exact) mass is 600 g/mol. The van der Waals surface area contributed by atoms with Crippen LogP contribution in [-0.4, -0.2) is 46.8 Å². The fourth-order valence-electron chi connectivity index (χ4n) is 4.18. The van der Waals surface area contributed by atoms with Gasteiger partial charge < -0.3 is 24.7 Å². The first-order chi connectivity index (χ1) is 21.0. The van der Waals surface area contributed by atoms with Gasteiger partial charge in [0.2, 0.25) is 0 Å². The first-order valence-electron chi connectivity index (χ1n) is 14.6. The number of nitrogens with one attached hydrogen (secondary N) is 2. The van der Waals surface area contributed by atoms with Crippen LogP contribution in [0.2, 0.25) is 0 Å². The van der Waals surface area contributed by atoms with E-state index in [4.69, 9.17) is 4.74 Å². The predicted octanol–water partition coefficient (Wildman–Crippen LogP) is 5.55. The minimum atomic E-state index is -0.568. The molecule has 0 unspecified atom stereocenters. The highest BCUT2D eigenvalue weighted by atomic mass is 16.6. The van der Waals surface area contributed by atoms with Crippen LogP contribution in [0, 0.1) is 11.8 Å². The fourth-order valence-corrected chi connectivity index (χ4v) is 4.18. The molecule has 1 aromatic carbocycles. The zero-order valence-corrected chi connectivity index (χ0v) is 25.8. The van der Waals surface area contributed by atoms with Gasteiger partial charge in [0.15, 0.2) is 0 Å². The summed E-state index contributed by atoms with van der Waals surface area (Å²) in [5, 5.41) is 5.55. The summed E-state index contributed by atoms with van der Waals surface area (Å²) in [5.74, 6) is 5.47. The van der Waals surface area contributed by atoms with Gasteiger partial charge in [-0.15, -0.1) is 0 Å². The van der Waals surface area contributed by atoms with E-state index >= 15 is 0 Å². The number of benzene rings is 1. The molecule has 2 N–H and O–H groups in total. The third-order valence-corrected chi connectivity index (χ3v) is 6.34. The molecule has 0 aliphatic carbocycles. The van der Waals surface area contributed by atoms with Crippen LogP contribution in [0.5, 0.6) is 0 Å². The van der Waals surface area contributed by atoms with Gasteiger partial charge in [-0.3, -0.25) is 19.4 Å². The molecule has 3 rings (SSSR count). The van der Waals surface area contributed by atoms with Crippen LogP contribution >= 0.6 is 0 Å². The number of carbonyl (C=O) groups is 3. The highest BCUT2D eigenvalue weighted by Crippen LogP contribution is 2.21. The summed E-state index contributed by atoms with van der Waals surface area (Å²) in [4.78, 5) is 52.5. The number of hydrogen-bond donors (Lipinski definition) is 2. The van der Waals surface area contributed by atoms with Gasteiger partial charge >= 0.3 is 12.1 Å². The van der Waals surface area contributed by atoms with Crippen LogP contribution in [0.15, 0.2) is 65.8 Å². The maximum Gasteiger partial charge on any atom is 0.407 e. The Morgan fingerprint density at radius 3 is 2.50 bits per heavy atom. The molecule has 0 saturated carbocycles. The smallest absolute Gasteiger partial charge is 0.407 e. The second-order valence-corrected chi connectivity index (χ2v) is 11.2. The molecule has 0 atom stereocenters. The van der Waals surface area contributed by atoms with Crippen molar-refractivity contribution in [3.8, 4) is 23.0 Å². The van der Waals surface area contributed by atoms with Gasteiger partial charge in [0.05, 0.1) is 12.8 Å². The number of unbranched alkanes of at least 4 members (excludes halogenated alkanes) is 5. The van der Waals surface area contributed by atoms with Crippen LogP contribution in [0.3, 0.4) is 0 Å². The number of ether oxygens (including phenoxy) is 2. The van der Waals surface area contributed by atoms with E-state index in [0.29, 0.717) is 17.8 Å². The molecule has 0 saturated heterocycles. The Morgan fingerprint density at radius 2 is 1.73 bits per heavy atom. The lowest BCUT2D eigenvalue weighted by atomic mass is 10.0. The second-order valence-electron chi connectivity index (χ2n) is 11.2. The number of nitrogens with zero attached hydrogens (tertiary/aromatic N) is 2. The zero-order valence-electron chi connectivity index (χ0n) is 25.8. The molecule has 232 valence electrons. The fraction of sp³-hybridized carbons (Fsp3) is 0.382. The number of pyridine rings is 2. The number of amides is 2. The Hall–Kier alpha value is -4.91. The third kappa shape index (κ3) is 11.8. The molecule has 0 aliphatic rings. The Kier molecular flexibility index (Phi) is 12.7. The molecule has 10 heteroatoms. The van der Waals surface area contributed by atoms with Crippen LogP contribution in [0.4, 0.5) is 10.5 Å². The van der Waals surface area contributed by atoms with Gasteiger partial charge in [-0.25, -0.2) is 4.79 Å². The van der Waals surface area contributed by atoms with Crippen LogP contribution in [-0.2, 0) is 20.8 Å². The van der Waals surface area contributed by atoms with Crippen LogP contribution in [0.25, 0.3) is 11.1 Å². The molecular weight excluding hydrogens is 560 g/mol. The number of rotatable bonds is 12. The van der Waals surface area contributed by atoms with Crippen LogP contribution in [0.1, 0.15) is 75.2 Å². The summed E-state index contributed by atoms with van der Waals surface area (Å²) in [6, 6.07) is 11.8. The quantitative estimate of drug-likeness (QED) is 0.158. The standard InChI is InChI=1S/C34H40N4O6/c1-34(2,3)44-33(42)36-18-11-9-7-5-6-8-10-13-25-19-28(22-35-21-25)26-14-12-15-27(20-26)32(41)37-29-16-17-30(39)38(23-29)24-31(40)43-4/h12,14-17,19-23H,5-9,11,18,24H2,1-4H3,(H,36,42)(H,37,41). The first kappa shape index (κ1) is 33.6. The van der Waals surface area contributed by atoms with Crippen LogP contribution < -0.4 is 16.2 Å². The Labute approximate surface area is 258 Å². The Balaban J connectivity index is 1.48. The van der Waals surface area contributed by atoms with Crippen molar-refractivity contribution < 1.29 is 23.9 Å². The molecule has 0 fully saturated rings. The van der Waals surface area contributed by atoms with Crippen molar-refractivity contribution in [1.29, 1.82) is 0 Å². The Bertz CT molecular complexity index is 1560. The summed E-state index contributed by atoms with van der Waals surface area (Å²) in [5.41, 5.74) is 2.36. The number of anilines is 1. The molecule has 3 aromatic rings. The molecule has 2 aromatic heterocycles. The van der Waals surface area contributed by atoms with Crippen molar-refractivity contribution in [2.75, 3.05) is 19.0 Å². The number of esters is 1. The van der Waals surface area contributed by atoms with Crippen molar-refractivity contribution in [2.45, 2.75) is 71.4 Å². The minimum Gasteiger partial charge on any atom is -0.468 e. The van der Waals surface area contributed by atoms with E-state index in [9.17, 15) is 19.2 Å². The molecule has 10 nitrogen and oxygen atoms in total. The number of alkyl carbamates (subject to hydrolysis) is 1. The highest BCUT2D eigenvalue weighted by molar-refractivity contribution is 6.04. The molecule has 0 bridgehead atoms. The van der Waals surface area contributed by atoms with Crippen molar-refractivity contribution >= 4 is 23.7 Å². The van der Waals surface area contributed by atoms with E-state index in [2.05, 4.69) is 32.2 Å². The van der Waals surface area contributed by atoms with Gasteiger partial charge in [-0.1, -0.05) is 43.2 Å². The lowest BCUT2D eigenvalue weighted by molar-refractivity contribution is -0.141. The van der Waals surface area contributed by atoms with Gasteiger partial charge in [0, 0.05) is 54.3 Å². The molecule has 2 heterocycles. The average molecular weight is 601 g/mol. The zero-order chi connectivity index (χ0) is 32.0. The first-order valence-corrected chi connectivity index (χ1v) is 14.6. The normalized spacial score (nSPS) is 10.7. The van der Waals surface area contributed by atoms with Gasteiger partial charge in [0.25, 0.3) is 11.5 Å². The molecule has 0 radical (unpaired) electrons. The minimum absolute atomic E-state index is 0.253. The summed E-state index contributed by atoms with van der Waals surface area (Å²) in [7, 11) is 1.24. The summed E-state index contributed by atoms with van der Waals surface area (Å²) >= 11 is 0. The lowest BCUT2D eigenvalue weighted by Gasteiger charge is -2.19. The maximum absolute atomic E-state index is 13.0. The van der Waals surface area contributed by atoms with Gasteiger partial charge in [-0.05, 0) is 63.4 Å². The number of methoxy groups -OCH3 is 1. The predicted molar refractivity (Wildman–Crippen MR) is 169 cm³/mol. The molecule has 0 aliphatic heterocycles. The van der Waals surface area contributed by atoms with E-state index < -0.39 is 11.6 Å². The molecule has 2 amide bonds. The molecule has 44 heavy (non-hydrogen) atoms. The Morgan fingerprint density at radius 1 is 0.955 bits per heavy atom. The van der Waals surface area contributed by atoms with Crippen molar-refractivity contribution in [3.63, 3.8) is 0 Å². The second kappa shape index (κ2) is 16.7. The van der Waals surface area contributed by atoms with E-state index in [1.165, 1.54) is 30.0 Å². The van der Waals surface area contributed by atoms with Crippen molar-refractivity contribution in [2.24, 2.45) is 0 Å². The number of aromatic nitrogens is 2. The van der Waals surface area contributed by atoms with Crippen molar-refractivity contribution in [1.82, 2.24) is 14.9 Å². The van der Waals surface area contributed by atoms with E-state index in [1.54, 1.807) is 30.6 Å². The summed E-state index contributed by atoms with van der Waals surface area (Å²) < 4.78 is 11.0. The highest BCUT2D eigenvalue weighted by Gasteiger charge is 2.15. The summed E-state index contributed by atoms with van der Waals surface area (Å²) in [6.45, 7) is 5.89. The van der Waals surface area contributed by atoms with Gasteiger partial charge in [0.1, 0.15) is 12.1 Å². The SMILES string of the molecule is COC(=O)Cn1cc(NC(=O)c2cccc(-c3cncc(C#CCCCCCCCNC(=O)OC(C)(C)C)c3)c2)ccc1=O. The van der Waals surface area contributed by atoms with Crippen molar-refractivity contribution in [3.05, 3.63) is 82.5 Å². The molecule has 0 spiro atoms. The summed E-state index contributed by atoms with van der Waals surface area (Å²) in [6.07, 6.45) is 10.3. The van der Waals surface area contributed by atoms with E-state index in [0.717, 1.165) is 55.2 Å². The largest absolute Gasteiger partial charge is 0.468 e.